The molecule has 1 aromatic carbocycles. The fourth-order valence-electron chi connectivity index (χ4n) is 2.52. The summed E-state index contributed by atoms with van der Waals surface area (Å²) in [6.07, 6.45) is 1.15. The van der Waals surface area contributed by atoms with Gasteiger partial charge in [-0.3, -0.25) is 9.69 Å². The number of rotatable bonds is 3. The minimum Gasteiger partial charge on any atom is -0.399 e. The third kappa shape index (κ3) is 3.87. The minimum absolute atomic E-state index is 0.0292. The third-order valence-corrected chi connectivity index (χ3v) is 4.37. The Labute approximate surface area is 125 Å². The lowest BCUT2D eigenvalue weighted by atomic mass is 9.89. The van der Waals surface area contributed by atoms with Gasteiger partial charge in [0.25, 0.3) is 0 Å². The van der Waals surface area contributed by atoms with Crippen molar-refractivity contribution in [2.75, 3.05) is 30.7 Å². The molecule has 1 heterocycles. The number of carbonyl (C=O) groups is 1. The smallest absolute Gasteiger partial charge is 0.238 e. The molecule has 0 spiro atoms. The van der Waals surface area contributed by atoms with Gasteiger partial charge in [0.15, 0.2) is 0 Å². The zero-order chi connectivity index (χ0) is 14.7. The van der Waals surface area contributed by atoms with Crippen LogP contribution in [0.1, 0.15) is 20.3 Å². The minimum atomic E-state index is -0.0292. The van der Waals surface area contributed by atoms with Crippen molar-refractivity contribution in [2.45, 2.75) is 20.3 Å². The van der Waals surface area contributed by atoms with E-state index < -0.39 is 0 Å². The van der Waals surface area contributed by atoms with E-state index in [1.165, 1.54) is 0 Å². The molecule has 20 heavy (non-hydrogen) atoms. The summed E-state index contributed by atoms with van der Waals surface area (Å²) in [6, 6.07) is 5.10. The number of nitrogens with zero attached hydrogens (tertiary/aromatic N) is 1. The van der Waals surface area contributed by atoms with Crippen LogP contribution in [0, 0.1) is 11.8 Å². The van der Waals surface area contributed by atoms with Crippen LogP contribution in [0.5, 0.6) is 0 Å². The van der Waals surface area contributed by atoms with Crippen LogP contribution in [0.2, 0.25) is 5.02 Å². The molecular formula is C15H22ClN3O. The molecule has 0 saturated carbocycles. The van der Waals surface area contributed by atoms with Crippen LogP contribution < -0.4 is 11.1 Å². The number of hydrogen-bond acceptors (Lipinski definition) is 3. The summed E-state index contributed by atoms with van der Waals surface area (Å²) in [7, 11) is 0. The van der Waals surface area contributed by atoms with E-state index in [9.17, 15) is 4.79 Å². The maximum absolute atomic E-state index is 12.1. The Kier molecular flexibility index (Phi) is 4.89. The van der Waals surface area contributed by atoms with E-state index in [-0.39, 0.29) is 5.91 Å². The van der Waals surface area contributed by atoms with Crippen LogP contribution in [0.3, 0.4) is 0 Å². The molecule has 110 valence electrons. The Balaban J connectivity index is 1.89. The zero-order valence-electron chi connectivity index (χ0n) is 12.0. The van der Waals surface area contributed by atoms with Crippen molar-refractivity contribution in [1.29, 1.82) is 0 Å². The first-order chi connectivity index (χ1) is 9.45. The van der Waals surface area contributed by atoms with Crippen molar-refractivity contribution in [3.8, 4) is 0 Å². The van der Waals surface area contributed by atoms with Gasteiger partial charge in [-0.2, -0.15) is 0 Å². The molecule has 0 aromatic heterocycles. The van der Waals surface area contributed by atoms with Gasteiger partial charge in [0, 0.05) is 12.2 Å². The number of carbonyl (C=O) groups excluding carboxylic acids is 1. The topological polar surface area (TPSA) is 58.4 Å². The molecule has 2 atom stereocenters. The summed E-state index contributed by atoms with van der Waals surface area (Å²) in [4.78, 5) is 14.3. The zero-order valence-corrected chi connectivity index (χ0v) is 12.8. The highest BCUT2D eigenvalue weighted by Crippen LogP contribution is 2.25. The van der Waals surface area contributed by atoms with Crippen molar-refractivity contribution >= 4 is 28.9 Å². The number of nitrogens with two attached hydrogens (primary N) is 1. The van der Waals surface area contributed by atoms with Gasteiger partial charge in [-0.05, 0) is 43.0 Å². The van der Waals surface area contributed by atoms with E-state index in [0.717, 1.165) is 25.4 Å². The lowest BCUT2D eigenvalue weighted by Crippen LogP contribution is -2.42. The number of anilines is 2. The van der Waals surface area contributed by atoms with E-state index >= 15 is 0 Å². The second-order valence-corrected chi connectivity index (χ2v) is 6.17. The second-order valence-electron chi connectivity index (χ2n) is 5.77. The number of piperidine rings is 1. The Morgan fingerprint density at radius 1 is 1.45 bits per heavy atom. The van der Waals surface area contributed by atoms with Crippen molar-refractivity contribution in [1.82, 2.24) is 4.90 Å². The molecule has 2 rings (SSSR count). The molecule has 1 aliphatic heterocycles. The molecule has 2 unspecified atom stereocenters. The Morgan fingerprint density at radius 2 is 2.20 bits per heavy atom. The SMILES string of the molecule is CC1CCN(CC(=O)Nc2ccc(N)cc2Cl)CC1C. The summed E-state index contributed by atoms with van der Waals surface area (Å²) in [5.74, 6) is 1.34. The number of amides is 1. The third-order valence-electron chi connectivity index (χ3n) is 4.05. The predicted molar refractivity (Wildman–Crippen MR) is 83.9 cm³/mol. The first-order valence-corrected chi connectivity index (χ1v) is 7.40. The standard InChI is InChI=1S/C15H22ClN3O/c1-10-5-6-19(8-11(10)2)9-15(20)18-14-4-3-12(17)7-13(14)16/h3-4,7,10-11H,5-6,8-9,17H2,1-2H3,(H,18,20). The maximum atomic E-state index is 12.1. The average molecular weight is 296 g/mol. The van der Waals surface area contributed by atoms with Gasteiger partial charge in [-0.25, -0.2) is 0 Å². The molecule has 3 N–H and O–H groups in total. The van der Waals surface area contributed by atoms with E-state index in [1.807, 2.05) is 0 Å². The summed E-state index contributed by atoms with van der Waals surface area (Å²) in [5.41, 5.74) is 6.84. The highest BCUT2D eigenvalue weighted by Gasteiger charge is 2.23. The maximum Gasteiger partial charge on any atom is 0.238 e. The quantitative estimate of drug-likeness (QED) is 0.843. The number of nitrogen functional groups attached to an aromatic ring is 1. The van der Waals surface area contributed by atoms with Gasteiger partial charge in [-0.1, -0.05) is 25.4 Å². The van der Waals surface area contributed by atoms with Crippen molar-refractivity contribution < 1.29 is 4.79 Å². The van der Waals surface area contributed by atoms with Crippen LogP contribution in [0.4, 0.5) is 11.4 Å². The molecule has 0 bridgehead atoms. The van der Waals surface area contributed by atoms with Crippen LogP contribution in [-0.4, -0.2) is 30.4 Å². The molecule has 5 heteroatoms. The molecule has 0 radical (unpaired) electrons. The van der Waals surface area contributed by atoms with Gasteiger partial charge < -0.3 is 11.1 Å². The van der Waals surface area contributed by atoms with E-state index in [1.54, 1.807) is 18.2 Å². The molecular weight excluding hydrogens is 274 g/mol. The van der Waals surface area contributed by atoms with Gasteiger partial charge in [0.2, 0.25) is 5.91 Å². The van der Waals surface area contributed by atoms with Gasteiger partial charge >= 0.3 is 0 Å². The van der Waals surface area contributed by atoms with Crippen LogP contribution in [-0.2, 0) is 4.79 Å². The van der Waals surface area contributed by atoms with Crippen molar-refractivity contribution in [3.63, 3.8) is 0 Å². The summed E-state index contributed by atoms with van der Waals surface area (Å²) < 4.78 is 0. The lowest BCUT2D eigenvalue weighted by Gasteiger charge is -2.34. The van der Waals surface area contributed by atoms with Gasteiger partial charge in [-0.15, -0.1) is 0 Å². The predicted octanol–water partition coefficient (Wildman–Crippen LogP) is 2.84. The van der Waals surface area contributed by atoms with Crippen LogP contribution in [0.25, 0.3) is 0 Å². The highest BCUT2D eigenvalue weighted by molar-refractivity contribution is 6.34. The largest absolute Gasteiger partial charge is 0.399 e. The summed E-state index contributed by atoms with van der Waals surface area (Å²) in [6.45, 7) is 6.89. The summed E-state index contributed by atoms with van der Waals surface area (Å²) >= 11 is 6.05. The Hall–Kier alpha value is -1.26. The van der Waals surface area contributed by atoms with Crippen molar-refractivity contribution in [2.24, 2.45) is 11.8 Å². The lowest BCUT2D eigenvalue weighted by molar-refractivity contribution is -0.117. The molecule has 0 aliphatic carbocycles. The number of likely N-dealkylation sites (tertiary alicyclic amines) is 1. The molecule has 1 saturated heterocycles. The Bertz CT molecular complexity index is 492. The Morgan fingerprint density at radius 3 is 2.85 bits per heavy atom. The van der Waals surface area contributed by atoms with Crippen LogP contribution >= 0.6 is 11.6 Å². The van der Waals surface area contributed by atoms with E-state index in [0.29, 0.717) is 28.9 Å². The molecule has 1 fully saturated rings. The highest BCUT2D eigenvalue weighted by atomic mass is 35.5. The molecule has 1 amide bonds. The average Bonchev–Trinajstić information content (AvgIpc) is 2.37. The van der Waals surface area contributed by atoms with Crippen molar-refractivity contribution in [3.05, 3.63) is 23.2 Å². The number of benzene rings is 1. The normalized spacial score (nSPS) is 23.6. The molecule has 4 nitrogen and oxygen atoms in total. The fourth-order valence-corrected chi connectivity index (χ4v) is 2.75. The first-order valence-electron chi connectivity index (χ1n) is 7.03. The number of hydrogen-bond donors (Lipinski definition) is 2. The van der Waals surface area contributed by atoms with Gasteiger partial charge in [0.05, 0.1) is 17.3 Å². The van der Waals surface area contributed by atoms with E-state index in [2.05, 4.69) is 24.1 Å². The first kappa shape index (κ1) is 15.1. The van der Waals surface area contributed by atoms with Crippen LogP contribution in [0.15, 0.2) is 18.2 Å². The summed E-state index contributed by atoms with van der Waals surface area (Å²) in [5, 5.41) is 3.31. The fraction of sp³-hybridized carbons (Fsp3) is 0.533. The molecule has 1 aromatic rings. The van der Waals surface area contributed by atoms with E-state index in [4.69, 9.17) is 17.3 Å². The monoisotopic (exact) mass is 295 g/mol. The second kappa shape index (κ2) is 6.46. The number of nitrogens with one attached hydrogen (secondary N) is 1. The van der Waals surface area contributed by atoms with Gasteiger partial charge in [0.1, 0.15) is 0 Å². The number of halogens is 1. The molecule has 1 aliphatic rings.